The van der Waals surface area contributed by atoms with E-state index in [1.165, 1.54) is 11.5 Å². The molecule has 0 spiro atoms. The zero-order valence-electron chi connectivity index (χ0n) is 17.6. The summed E-state index contributed by atoms with van der Waals surface area (Å²) in [7, 11) is 0. The number of hydrogen-bond donors (Lipinski definition) is 3. The molecule has 1 aliphatic rings. The molecule has 4 rings (SSSR count). The molecule has 0 saturated carbocycles. The van der Waals surface area contributed by atoms with Gasteiger partial charge in [0.25, 0.3) is 5.91 Å². The summed E-state index contributed by atoms with van der Waals surface area (Å²) in [5.74, 6) is 0.798. The first-order chi connectivity index (χ1) is 15.1. The van der Waals surface area contributed by atoms with Crippen LogP contribution in [0.25, 0.3) is 10.1 Å². The van der Waals surface area contributed by atoms with Gasteiger partial charge in [0.15, 0.2) is 0 Å². The van der Waals surface area contributed by atoms with Gasteiger partial charge in [-0.2, -0.15) is 4.37 Å². The summed E-state index contributed by atoms with van der Waals surface area (Å²) >= 11 is 1.47. The summed E-state index contributed by atoms with van der Waals surface area (Å²) in [5.41, 5.74) is 1.76. The number of aromatic nitrogens is 1. The highest BCUT2D eigenvalue weighted by Crippen LogP contribution is 2.25. The van der Waals surface area contributed by atoms with Crippen molar-refractivity contribution in [1.29, 1.82) is 0 Å². The van der Waals surface area contributed by atoms with Gasteiger partial charge in [-0.25, -0.2) is 0 Å². The number of carbonyl (C=O) groups excluding carboxylic acids is 2. The number of likely N-dealkylation sites (tertiary alicyclic amines) is 1. The van der Waals surface area contributed by atoms with Crippen molar-refractivity contribution in [3.8, 4) is 0 Å². The van der Waals surface area contributed by atoms with E-state index in [1.54, 1.807) is 6.92 Å². The van der Waals surface area contributed by atoms with Crippen LogP contribution >= 0.6 is 11.5 Å². The maximum absolute atomic E-state index is 12.6. The molecular weight excluding hydrogens is 410 g/mol. The van der Waals surface area contributed by atoms with Crippen LogP contribution in [0.3, 0.4) is 0 Å². The van der Waals surface area contributed by atoms with Crippen LogP contribution in [0.15, 0.2) is 48.5 Å². The third-order valence-electron chi connectivity index (χ3n) is 5.36. The molecular formula is C23H27N5O2S. The Morgan fingerprint density at radius 2 is 2.03 bits per heavy atom. The Labute approximate surface area is 186 Å². The molecule has 0 aliphatic carbocycles. The van der Waals surface area contributed by atoms with E-state index in [9.17, 15) is 9.59 Å². The molecule has 1 aliphatic heterocycles. The summed E-state index contributed by atoms with van der Waals surface area (Å²) < 4.78 is 5.59. The molecule has 2 amide bonds. The fourth-order valence-corrected chi connectivity index (χ4v) is 4.68. The minimum Gasteiger partial charge on any atom is -0.367 e. The van der Waals surface area contributed by atoms with Crippen LogP contribution < -0.4 is 16.0 Å². The lowest BCUT2D eigenvalue weighted by atomic mass is 10.1. The van der Waals surface area contributed by atoms with E-state index in [2.05, 4.69) is 31.3 Å². The molecule has 7 nitrogen and oxygen atoms in total. The highest BCUT2D eigenvalue weighted by atomic mass is 32.1. The molecule has 1 aromatic heterocycles. The fraction of sp³-hybridized carbons (Fsp3) is 0.348. The van der Waals surface area contributed by atoms with Crippen molar-refractivity contribution < 1.29 is 9.59 Å². The number of fused-ring (bicyclic) bond motifs is 1. The monoisotopic (exact) mass is 437 g/mol. The average molecular weight is 438 g/mol. The van der Waals surface area contributed by atoms with E-state index < -0.39 is 0 Å². The van der Waals surface area contributed by atoms with E-state index in [-0.39, 0.29) is 17.9 Å². The highest BCUT2D eigenvalue weighted by molar-refractivity contribution is 7.13. The fourth-order valence-electron chi connectivity index (χ4n) is 3.92. The number of hydrogen-bond acceptors (Lipinski definition) is 6. The van der Waals surface area contributed by atoms with E-state index >= 15 is 0 Å². The Hall–Kier alpha value is -2.97. The van der Waals surface area contributed by atoms with E-state index in [0.717, 1.165) is 47.5 Å². The Balaban J connectivity index is 1.25. The maximum Gasteiger partial charge on any atom is 0.251 e. The number of benzene rings is 2. The highest BCUT2D eigenvalue weighted by Gasteiger charge is 2.23. The summed E-state index contributed by atoms with van der Waals surface area (Å²) in [6.07, 6.45) is 0.959. The minimum absolute atomic E-state index is 0.0166. The van der Waals surface area contributed by atoms with Crippen molar-refractivity contribution >= 4 is 39.3 Å². The van der Waals surface area contributed by atoms with Crippen molar-refractivity contribution in [2.75, 3.05) is 31.5 Å². The zero-order chi connectivity index (χ0) is 21.6. The SMILES string of the molecule is CC(=O)NC1CCN(Cc2cccc(C(=O)NCCNc3nsc4ccccc34)c2)C1. The van der Waals surface area contributed by atoms with Gasteiger partial charge < -0.3 is 16.0 Å². The Bertz CT molecular complexity index is 1070. The standard InChI is InChI=1S/C23H27N5O2S/c1-16(29)26-19-9-12-28(15-19)14-17-5-4-6-18(13-17)23(30)25-11-10-24-22-20-7-2-3-8-21(20)31-27-22/h2-8,13,19H,9-12,14-15H2,1H3,(H,24,27)(H,25,30)(H,26,29). The molecule has 2 heterocycles. The minimum atomic E-state index is -0.0793. The van der Waals surface area contributed by atoms with Crippen LogP contribution in [0.2, 0.25) is 0 Å². The first-order valence-electron chi connectivity index (χ1n) is 10.5. The predicted molar refractivity (Wildman–Crippen MR) is 124 cm³/mol. The Kier molecular flexibility index (Phi) is 6.79. The normalized spacial score (nSPS) is 16.4. The molecule has 1 fully saturated rings. The zero-order valence-corrected chi connectivity index (χ0v) is 18.4. The van der Waals surface area contributed by atoms with Gasteiger partial charge in [-0.3, -0.25) is 14.5 Å². The van der Waals surface area contributed by atoms with Gasteiger partial charge in [0, 0.05) is 56.6 Å². The van der Waals surface area contributed by atoms with Gasteiger partial charge in [0.05, 0.1) is 4.70 Å². The molecule has 1 unspecified atom stereocenters. The summed E-state index contributed by atoms with van der Waals surface area (Å²) in [4.78, 5) is 26.1. The summed E-state index contributed by atoms with van der Waals surface area (Å²) in [6.45, 7) is 5.23. The Morgan fingerprint density at radius 3 is 2.90 bits per heavy atom. The third kappa shape index (κ3) is 5.59. The molecule has 2 aromatic carbocycles. The Morgan fingerprint density at radius 1 is 1.16 bits per heavy atom. The van der Waals surface area contributed by atoms with Crippen LogP contribution in [0.4, 0.5) is 5.82 Å². The lowest BCUT2D eigenvalue weighted by molar-refractivity contribution is -0.119. The van der Waals surface area contributed by atoms with Crippen LogP contribution in [0, 0.1) is 0 Å². The van der Waals surface area contributed by atoms with Gasteiger partial charge in [0.2, 0.25) is 5.91 Å². The van der Waals surface area contributed by atoms with Crippen LogP contribution in [0.1, 0.15) is 29.3 Å². The first kappa shape index (κ1) is 21.3. The number of rotatable bonds is 8. The summed E-state index contributed by atoms with van der Waals surface area (Å²) in [5, 5.41) is 10.4. The summed E-state index contributed by atoms with van der Waals surface area (Å²) in [6, 6.07) is 16.1. The quantitative estimate of drug-likeness (QED) is 0.472. The lowest BCUT2D eigenvalue weighted by Crippen LogP contribution is -2.35. The van der Waals surface area contributed by atoms with Crippen molar-refractivity contribution in [2.24, 2.45) is 0 Å². The predicted octanol–water partition coefficient (Wildman–Crippen LogP) is 2.85. The van der Waals surface area contributed by atoms with Gasteiger partial charge in [-0.05, 0) is 47.8 Å². The molecule has 0 bridgehead atoms. The largest absolute Gasteiger partial charge is 0.367 e. The number of nitrogens with one attached hydrogen (secondary N) is 3. The average Bonchev–Trinajstić information content (AvgIpc) is 3.37. The topological polar surface area (TPSA) is 86.4 Å². The molecule has 1 saturated heterocycles. The second-order valence-corrected chi connectivity index (χ2v) is 8.64. The number of anilines is 1. The van der Waals surface area contributed by atoms with Crippen molar-refractivity contribution in [3.63, 3.8) is 0 Å². The molecule has 1 atom stereocenters. The lowest BCUT2D eigenvalue weighted by Gasteiger charge is -2.17. The van der Waals surface area contributed by atoms with E-state index in [0.29, 0.717) is 18.7 Å². The molecule has 8 heteroatoms. The first-order valence-corrected chi connectivity index (χ1v) is 11.3. The van der Waals surface area contributed by atoms with Gasteiger partial charge in [0.1, 0.15) is 5.82 Å². The third-order valence-corrected chi connectivity index (χ3v) is 6.18. The van der Waals surface area contributed by atoms with Gasteiger partial charge >= 0.3 is 0 Å². The maximum atomic E-state index is 12.6. The number of amides is 2. The van der Waals surface area contributed by atoms with Crippen LogP contribution in [-0.2, 0) is 11.3 Å². The van der Waals surface area contributed by atoms with Crippen molar-refractivity contribution in [1.82, 2.24) is 19.9 Å². The van der Waals surface area contributed by atoms with Gasteiger partial charge in [-0.15, -0.1) is 0 Å². The molecule has 3 aromatic rings. The second kappa shape index (κ2) is 9.89. The van der Waals surface area contributed by atoms with Gasteiger partial charge in [-0.1, -0.05) is 24.3 Å². The van der Waals surface area contributed by atoms with Crippen LogP contribution in [0.5, 0.6) is 0 Å². The van der Waals surface area contributed by atoms with Crippen LogP contribution in [-0.4, -0.2) is 53.3 Å². The van der Waals surface area contributed by atoms with E-state index in [4.69, 9.17) is 0 Å². The molecule has 0 radical (unpaired) electrons. The smallest absolute Gasteiger partial charge is 0.251 e. The molecule has 3 N–H and O–H groups in total. The number of nitrogens with zero attached hydrogens (tertiary/aromatic N) is 2. The number of carbonyl (C=O) groups is 2. The van der Waals surface area contributed by atoms with Crippen molar-refractivity contribution in [2.45, 2.75) is 25.9 Å². The van der Waals surface area contributed by atoms with Crippen molar-refractivity contribution in [3.05, 3.63) is 59.7 Å². The second-order valence-electron chi connectivity index (χ2n) is 7.83. The molecule has 162 valence electrons. The molecule has 31 heavy (non-hydrogen) atoms. The van der Waals surface area contributed by atoms with E-state index in [1.807, 2.05) is 42.5 Å².